The van der Waals surface area contributed by atoms with Gasteiger partial charge in [0.15, 0.2) is 5.78 Å². The average molecular weight is 378 g/mol. The minimum Gasteiger partial charge on any atom is -0.384 e. The molecular formula is C19H30N4O4. The maximum Gasteiger partial charge on any atom is 0.330 e. The Morgan fingerprint density at radius 3 is 2.56 bits per heavy atom. The number of H-pyrrole nitrogens is 1. The van der Waals surface area contributed by atoms with Crippen LogP contribution in [0.25, 0.3) is 0 Å². The number of aromatic nitrogens is 2. The van der Waals surface area contributed by atoms with Gasteiger partial charge < -0.3 is 10.5 Å². The van der Waals surface area contributed by atoms with E-state index in [1.54, 1.807) is 0 Å². The Morgan fingerprint density at radius 2 is 1.93 bits per heavy atom. The number of nitrogens with zero attached hydrogens (tertiary/aromatic N) is 2. The van der Waals surface area contributed by atoms with Gasteiger partial charge in [-0.15, -0.1) is 0 Å². The number of nitrogen functional groups attached to an aromatic ring is 1. The molecule has 0 unspecified atom stereocenters. The lowest BCUT2D eigenvalue weighted by molar-refractivity contribution is 0.0899. The highest BCUT2D eigenvalue weighted by molar-refractivity contribution is 6.01. The first-order valence-electron chi connectivity index (χ1n) is 9.90. The molecule has 2 aliphatic rings. The summed E-state index contributed by atoms with van der Waals surface area (Å²) in [5, 5.41) is 0. The topological polar surface area (TPSA) is 110 Å². The van der Waals surface area contributed by atoms with Crippen LogP contribution in [0.4, 0.5) is 5.82 Å². The fourth-order valence-electron chi connectivity index (χ4n) is 4.01. The molecule has 0 aromatic carbocycles. The molecule has 2 saturated carbocycles. The number of aromatic amines is 1. The number of hydrogen-bond acceptors (Lipinski definition) is 6. The highest BCUT2D eigenvalue weighted by Crippen LogP contribution is 2.31. The molecule has 2 aliphatic carbocycles. The number of carbonyl (C=O) groups excluding carboxylic acids is 1. The summed E-state index contributed by atoms with van der Waals surface area (Å²) in [6.45, 7) is 1.53. The van der Waals surface area contributed by atoms with E-state index in [0.717, 1.165) is 19.4 Å². The van der Waals surface area contributed by atoms with Crippen LogP contribution < -0.4 is 17.0 Å². The van der Waals surface area contributed by atoms with Crippen LogP contribution in [0.3, 0.4) is 0 Å². The molecule has 3 rings (SSSR count). The summed E-state index contributed by atoms with van der Waals surface area (Å²) in [4.78, 5) is 41.6. The van der Waals surface area contributed by atoms with Crippen LogP contribution in [0.2, 0.25) is 0 Å². The molecule has 27 heavy (non-hydrogen) atoms. The maximum absolute atomic E-state index is 12.9. The van der Waals surface area contributed by atoms with Gasteiger partial charge in [-0.05, 0) is 31.6 Å². The number of anilines is 1. The van der Waals surface area contributed by atoms with Crippen LogP contribution in [0.15, 0.2) is 9.59 Å². The molecule has 0 saturated heterocycles. The van der Waals surface area contributed by atoms with Gasteiger partial charge in [0.05, 0.1) is 19.7 Å². The zero-order chi connectivity index (χ0) is 19.4. The number of ether oxygens (including phenoxy) is 1. The van der Waals surface area contributed by atoms with Gasteiger partial charge >= 0.3 is 5.69 Å². The van der Waals surface area contributed by atoms with Crippen molar-refractivity contribution >= 4 is 11.6 Å². The fourth-order valence-corrected chi connectivity index (χ4v) is 4.01. The van der Waals surface area contributed by atoms with Gasteiger partial charge in [-0.2, -0.15) is 0 Å². The van der Waals surface area contributed by atoms with Crippen LogP contribution in [0.5, 0.6) is 0 Å². The smallest absolute Gasteiger partial charge is 0.330 e. The Labute approximate surface area is 158 Å². The number of carbonyl (C=O) groups is 1. The number of nitrogens with two attached hydrogens (primary N) is 1. The van der Waals surface area contributed by atoms with E-state index < -0.39 is 11.2 Å². The normalized spacial score (nSPS) is 18.1. The number of hydrogen-bond donors (Lipinski definition) is 2. The van der Waals surface area contributed by atoms with E-state index in [-0.39, 0.29) is 36.9 Å². The van der Waals surface area contributed by atoms with E-state index in [9.17, 15) is 14.4 Å². The second kappa shape index (κ2) is 8.84. The molecule has 0 spiro atoms. The van der Waals surface area contributed by atoms with Crippen molar-refractivity contribution < 1.29 is 9.53 Å². The zero-order valence-electron chi connectivity index (χ0n) is 16.0. The van der Waals surface area contributed by atoms with E-state index >= 15 is 0 Å². The minimum absolute atomic E-state index is 0.0702. The van der Waals surface area contributed by atoms with Crippen molar-refractivity contribution in [1.29, 1.82) is 0 Å². The second-order valence-corrected chi connectivity index (χ2v) is 7.75. The monoisotopic (exact) mass is 378 g/mol. The largest absolute Gasteiger partial charge is 0.384 e. The first-order valence-corrected chi connectivity index (χ1v) is 9.90. The summed E-state index contributed by atoms with van der Waals surface area (Å²) < 4.78 is 6.17. The molecule has 1 aromatic rings. The van der Waals surface area contributed by atoms with Crippen LogP contribution in [-0.4, -0.2) is 53.1 Å². The Hall–Kier alpha value is -1.93. The van der Waals surface area contributed by atoms with Gasteiger partial charge in [0.1, 0.15) is 11.4 Å². The van der Waals surface area contributed by atoms with Crippen molar-refractivity contribution in [3.05, 3.63) is 26.4 Å². The molecule has 1 aromatic heterocycles. The molecule has 0 atom stereocenters. The Kier molecular flexibility index (Phi) is 6.49. The second-order valence-electron chi connectivity index (χ2n) is 7.75. The van der Waals surface area contributed by atoms with Crippen LogP contribution in [0, 0.1) is 5.92 Å². The molecule has 150 valence electrons. The molecule has 8 nitrogen and oxygen atoms in total. The minimum atomic E-state index is -0.704. The van der Waals surface area contributed by atoms with Gasteiger partial charge in [-0.3, -0.25) is 24.0 Å². The van der Waals surface area contributed by atoms with E-state index in [1.807, 2.05) is 0 Å². The SMILES string of the molecule is COCCn1c(N)c(C(=O)CN(CC2CCCCC2)C2CC2)c(=O)[nH]c1=O. The molecule has 0 radical (unpaired) electrons. The van der Waals surface area contributed by atoms with E-state index in [0.29, 0.717) is 12.0 Å². The molecule has 3 N–H and O–H groups in total. The third-order valence-corrected chi connectivity index (χ3v) is 5.66. The quantitative estimate of drug-likeness (QED) is 0.620. The zero-order valence-corrected chi connectivity index (χ0v) is 16.0. The van der Waals surface area contributed by atoms with Crippen molar-refractivity contribution in [2.45, 2.75) is 57.5 Å². The number of rotatable bonds is 9. The molecule has 2 fully saturated rings. The van der Waals surface area contributed by atoms with Crippen molar-refractivity contribution in [3.8, 4) is 0 Å². The summed E-state index contributed by atoms with van der Waals surface area (Å²) in [6.07, 6.45) is 8.43. The number of Topliss-reactive ketones (excluding diaryl/α,β-unsaturated/α-hetero) is 1. The summed E-state index contributed by atoms with van der Waals surface area (Å²) >= 11 is 0. The lowest BCUT2D eigenvalue weighted by Crippen LogP contribution is -2.41. The summed E-state index contributed by atoms with van der Waals surface area (Å²) in [5.74, 6) is 0.236. The van der Waals surface area contributed by atoms with E-state index in [4.69, 9.17) is 10.5 Å². The lowest BCUT2D eigenvalue weighted by atomic mass is 9.89. The molecule has 0 aliphatic heterocycles. The molecule has 8 heteroatoms. The summed E-state index contributed by atoms with van der Waals surface area (Å²) in [5.41, 5.74) is 4.59. The summed E-state index contributed by atoms with van der Waals surface area (Å²) in [6, 6.07) is 0.426. The van der Waals surface area contributed by atoms with Crippen molar-refractivity contribution in [2.24, 2.45) is 5.92 Å². The third kappa shape index (κ3) is 4.87. The first-order chi connectivity index (χ1) is 13.0. The predicted molar refractivity (Wildman–Crippen MR) is 103 cm³/mol. The van der Waals surface area contributed by atoms with Crippen LogP contribution in [0.1, 0.15) is 55.3 Å². The number of nitrogens with one attached hydrogen (secondary N) is 1. The highest BCUT2D eigenvalue weighted by Gasteiger charge is 2.33. The van der Waals surface area contributed by atoms with Gasteiger partial charge in [0, 0.05) is 19.7 Å². The van der Waals surface area contributed by atoms with Crippen molar-refractivity contribution in [2.75, 3.05) is 32.5 Å². The predicted octanol–water partition coefficient (Wildman–Crippen LogP) is 0.993. The van der Waals surface area contributed by atoms with Gasteiger partial charge in [-0.1, -0.05) is 19.3 Å². The van der Waals surface area contributed by atoms with E-state index in [1.165, 1.54) is 43.8 Å². The molecule has 1 heterocycles. The highest BCUT2D eigenvalue weighted by atomic mass is 16.5. The molecule has 0 amide bonds. The standard InChI is InChI=1S/C19H30N4O4/c1-27-10-9-23-17(20)16(18(25)21-19(23)26)15(24)12-22(14-7-8-14)11-13-5-3-2-4-6-13/h13-14H,2-12,20H2,1H3,(H,21,25,26). The Bertz CT molecular complexity index is 775. The Morgan fingerprint density at radius 1 is 1.22 bits per heavy atom. The molecule has 0 bridgehead atoms. The number of ketones is 1. The van der Waals surface area contributed by atoms with Gasteiger partial charge in [-0.25, -0.2) is 4.79 Å². The van der Waals surface area contributed by atoms with Gasteiger partial charge in [0.2, 0.25) is 0 Å². The van der Waals surface area contributed by atoms with Crippen molar-refractivity contribution in [3.63, 3.8) is 0 Å². The summed E-state index contributed by atoms with van der Waals surface area (Å²) in [7, 11) is 1.51. The van der Waals surface area contributed by atoms with Crippen molar-refractivity contribution in [1.82, 2.24) is 14.5 Å². The van der Waals surface area contributed by atoms with E-state index in [2.05, 4.69) is 9.88 Å². The lowest BCUT2D eigenvalue weighted by Gasteiger charge is -2.29. The maximum atomic E-state index is 12.9. The fraction of sp³-hybridized carbons (Fsp3) is 0.737. The Balaban J connectivity index is 1.77. The first kappa shape index (κ1) is 19.8. The third-order valence-electron chi connectivity index (χ3n) is 5.66. The van der Waals surface area contributed by atoms with Gasteiger partial charge in [0.25, 0.3) is 5.56 Å². The average Bonchev–Trinajstić information content (AvgIpc) is 3.47. The molecular weight excluding hydrogens is 348 g/mol. The van der Waals surface area contributed by atoms with Crippen LogP contribution in [-0.2, 0) is 11.3 Å². The van der Waals surface area contributed by atoms with Crippen LogP contribution >= 0.6 is 0 Å². The number of methoxy groups -OCH3 is 1.